The van der Waals surface area contributed by atoms with Crippen molar-refractivity contribution in [2.75, 3.05) is 11.4 Å². The molecular formula is C25H23N3O3. The fourth-order valence-corrected chi connectivity index (χ4v) is 2.58. The van der Waals surface area contributed by atoms with Gasteiger partial charge in [0.25, 0.3) is 0 Å². The molecule has 0 radical (unpaired) electrons. The monoisotopic (exact) mass is 413 g/mol. The molecule has 0 unspecified atom stereocenters. The molecule has 2 aromatic rings. The minimum absolute atomic E-state index is 0.137. The summed E-state index contributed by atoms with van der Waals surface area (Å²) in [4.78, 5) is 23.4. The van der Waals surface area contributed by atoms with Gasteiger partial charge in [-0.3, -0.25) is 0 Å². The Hall–Kier alpha value is -4.32. The second-order valence-corrected chi connectivity index (χ2v) is 6.21. The minimum atomic E-state index is 0.137. The number of nitrogens with zero attached hydrogens (tertiary/aromatic N) is 3. The molecule has 156 valence electrons. The van der Waals surface area contributed by atoms with E-state index in [-0.39, 0.29) is 5.76 Å². The molecule has 0 aliphatic carbocycles. The molecule has 1 N–H and O–H groups in total. The van der Waals surface area contributed by atoms with E-state index in [0.717, 1.165) is 11.4 Å². The van der Waals surface area contributed by atoms with Crippen LogP contribution in [0.3, 0.4) is 0 Å². The number of aliphatic hydroxyl groups is 1. The van der Waals surface area contributed by atoms with Gasteiger partial charge in [0.05, 0.1) is 0 Å². The Bertz CT molecular complexity index is 963. The number of allylic oxidation sites excluding steroid dienone is 9. The topological polar surface area (TPSA) is 82.3 Å². The lowest BCUT2D eigenvalue weighted by molar-refractivity contribution is 0.432. The molecule has 0 saturated heterocycles. The van der Waals surface area contributed by atoms with Crippen molar-refractivity contribution < 1.29 is 5.11 Å². The fourth-order valence-electron chi connectivity index (χ4n) is 2.58. The molecule has 0 spiro atoms. The van der Waals surface area contributed by atoms with Crippen molar-refractivity contribution in [1.82, 2.24) is 0 Å². The normalized spacial score (nSPS) is 12.2. The highest BCUT2D eigenvalue weighted by Crippen LogP contribution is 2.28. The van der Waals surface area contributed by atoms with Crippen LogP contribution in [0.1, 0.15) is 0 Å². The van der Waals surface area contributed by atoms with Gasteiger partial charge in [-0.25, -0.2) is 0 Å². The Balaban J connectivity index is 2.06. The van der Waals surface area contributed by atoms with E-state index >= 15 is 0 Å². The SMILES string of the molecule is C=C\C=C(O)/C=C\C=C\C=C/C=C\CN(c1ccc(N=O)cc1)c1ccc(N=O)cc1. The van der Waals surface area contributed by atoms with Crippen LogP contribution >= 0.6 is 0 Å². The summed E-state index contributed by atoms with van der Waals surface area (Å²) in [5.41, 5.74) is 2.48. The molecule has 0 bridgehead atoms. The average Bonchev–Trinajstić information content (AvgIpc) is 2.81. The average molecular weight is 413 g/mol. The number of aliphatic hydroxyl groups excluding tert-OH is 1. The van der Waals surface area contributed by atoms with Crippen molar-refractivity contribution in [1.29, 1.82) is 0 Å². The van der Waals surface area contributed by atoms with Gasteiger partial charge < -0.3 is 10.0 Å². The third-order valence-corrected chi connectivity index (χ3v) is 4.07. The molecule has 0 aromatic heterocycles. The van der Waals surface area contributed by atoms with Gasteiger partial charge in [-0.1, -0.05) is 55.2 Å². The third-order valence-electron chi connectivity index (χ3n) is 4.07. The summed E-state index contributed by atoms with van der Waals surface area (Å²) in [6.07, 6.45) is 17.6. The van der Waals surface area contributed by atoms with E-state index in [1.165, 1.54) is 12.2 Å². The van der Waals surface area contributed by atoms with Gasteiger partial charge in [-0.15, -0.1) is 9.81 Å². The minimum Gasteiger partial charge on any atom is -0.508 e. The first kappa shape index (κ1) is 23.0. The lowest BCUT2D eigenvalue weighted by atomic mass is 10.2. The lowest BCUT2D eigenvalue weighted by Crippen LogP contribution is -2.16. The molecule has 0 amide bonds. The summed E-state index contributed by atoms with van der Waals surface area (Å²) < 4.78 is 0. The standard InChI is InChI=1S/C25H23N3O3/c1-2-10-25(29)11-8-6-4-3-5-7-9-20-28(23-16-12-21(26-30)13-17-23)24-18-14-22(27-31)15-19-24/h2-19,29H,1,20H2/b5-3-,6-4+,9-7-,11-8-,25-10+. The maximum absolute atomic E-state index is 10.7. The molecule has 0 aliphatic rings. The molecule has 31 heavy (non-hydrogen) atoms. The molecular weight excluding hydrogens is 390 g/mol. The summed E-state index contributed by atoms with van der Waals surface area (Å²) >= 11 is 0. The molecule has 6 nitrogen and oxygen atoms in total. The van der Waals surface area contributed by atoms with Gasteiger partial charge in [-0.05, 0) is 71.0 Å². The lowest BCUT2D eigenvalue weighted by Gasteiger charge is -2.23. The predicted molar refractivity (Wildman–Crippen MR) is 128 cm³/mol. The number of hydrogen-bond acceptors (Lipinski definition) is 6. The van der Waals surface area contributed by atoms with Crippen molar-refractivity contribution in [2.45, 2.75) is 0 Å². The van der Waals surface area contributed by atoms with Crippen LogP contribution in [0.15, 0.2) is 132 Å². The van der Waals surface area contributed by atoms with Gasteiger partial charge in [0.15, 0.2) is 0 Å². The predicted octanol–water partition coefficient (Wildman–Crippen LogP) is 7.47. The van der Waals surface area contributed by atoms with Crippen molar-refractivity contribution in [3.8, 4) is 0 Å². The van der Waals surface area contributed by atoms with E-state index in [1.54, 1.807) is 42.5 Å². The summed E-state index contributed by atoms with van der Waals surface area (Å²) in [5, 5.41) is 15.3. The maximum Gasteiger partial charge on any atom is 0.115 e. The zero-order valence-electron chi connectivity index (χ0n) is 16.9. The second-order valence-electron chi connectivity index (χ2n) is 6.21. The zero-order valence-corrected chi connectivity index (χ0v) is 16.9. The molecule has 0 saturated carbocycles. The molecule has 0 heterocycles. The van der Waals surface area contributed by atoms with Crippen LogP contribution in [0.25, 0.3) is 0 Å². The second kappa shape index (κ2) is 13.0. The van der Waals surface area contributed by atoms with Crippen LogP contribution in [-0.4, -0.2) is 11.7 Å². The smallest absolute Gasteiger partial charge is 0.115 e. The van der Waals surface area contributed by atoms with Crippen molar-refractivity contribution in [2.24, 2.45) is 10.4 Å². The first-order valence-corrected chi connectivity index (χ1v) is 9.50. The van der Waals surface area contributed by atoms with Crippen molar-refractivity contribution in [3.05, 3.63) is 131 Å². The van der Waals surface area contributed by atoms with Crippen LogP contribution in [0.5, 0.6) is 0 Å². The molecule has 2 rings (SSSR count). The number of rotatable bonds is 11. The largest absolute Gasteiger partial charge is 0.508 e. The van der Waals surface area contributed by atoms with Gasteiger partial charge in [0.1, 0.15) is 17.1 Å². The van der Waals surface area contributed by atoms with Crippen LogP contribution in [-0.2, 0) is 0 Å². The van der Waals surface area contributed by atoms with Gasteiger partial charge in [0, 0.05) is 17.9 Å². The number of benzene rings is 2. The zero-order chi connectivity index (χ0) is 22.3. The van der Waals surface area contributed by atoms with E-state index in [1.807, 2.05) is 59.5 Å². The van der Waals surface area contributed by atoms with E-state index in [2.05, 4.69) is 16.9 Å². The van der Waals surface area contributed by atoms with E-state index in [9.17, 15) is 14.9 Å². The van der Waals surface area contributed by atoms with Crippen molar-refractivity contribution in [3.63, 3.8) is 0 Å². The Morgan fingerprint density at radius 2 is 1.29 bits per heavy atom. The van der Waals surface area contributed by atoms with E-state index in [0.29, 0.717) is 17.9 Å². The molecule has 2 aromatic carbocycles. The highest BCUT2D eigenvalue weighted by Gasteiger charge is 2.08. The fraction of sp³-hybridized carbons (Fsp3) is 0.0400. The van der Waals surface area contributed by atoms with Gasteiger partial charge >= 0.3 is 0 Å². The first-order chi connectivity index (χ1) is 15.2. The Kier molecular flexibility index (Phi) is 9.63. The van der Waals surface area contributed by atoms with Crippen LogP contribution in [0.4, 0.5) is 22.7 Å². The highest BCUT2D eigenvalue weighted by atomic mass is 16.3. The summed E-state index contributed by atoms with van der Waals surface area (Å²) in [5.74, 6) is 0.137. The Morgan fingerprint density at radius 3 is 1.77 bits per heavy atom. The molecule has 6 heteroatoms. The number of anilines is 2. The Labute approximate surface area is 181 Å². The number of hydrogen-bond donors (Lipinski definition) is 1. The van der Waals surface area contributed by atoms with Crippen molar-refractivity contribution >= 4 is 22.7 Å². The van der Waals surface area contributed by atoms with Crippen LogP contribution in [0.2, 0.25) is 0 Å². The van der Waals surface area contributed by atoms with Crippen LogP contribution < -0.4 is 4.90 Å². The maximum atomic E-state index is 10.7. The summed E-state index contributed by atoms with van der Waals surface area (Å²) in [6, 6.07) is 13.9. The summed E-state index contributed by atoms with van der Waals surface area (Å²) in [6.45, 7) is 4.07. The molecule has 0 aliphatic heterocycles. The third kappa shape index (κ3) is 7.91. The van der Waals surface area contributed by atoms with Gasteiger partial charge in [0.2, 0.25) is 0 Å². The van der Waals surface area contributed by atoms with Gasteiger partial charge in [-0.2, -0.15) is 0 Å². The number of nitroso groups, excluding NO2 is 2. The van der Waals surface area contributed by atoms with Crippen LogP contribution in [0, 0.1) is 9.81 Å². The highest BCUT2D eigenvalue weighted by molar-refractivity contribution is 5.66. The van der Waals surface area contributed by atoms with E-state index in [4.69, 9.17) is 0 Å². The first-order valence-electron chi connectivity index (χ1n) is 9.50. The molecule has 0 fully saturated rings. The summed E-state index contributed by atoms with van der Waals surface area (Å²) in [7, 11) is 0. The quantitative estimate of drug-likeness (QED) is 0.235. The Morgan fingerprint density at radius 1 is 0.806 bits per heavy atom. The van der Waals surface area contributed by atoms with E-state index < -0.39 is 0 Å². The molecule has 0 atom stereocenters.